The maximum Gasteiger partial charge on any atom is 0.254 e. The van der Waals surface area contributed by atoms with Crippen molar-refractivity contribution in [2.24, 2.45) is 0 Å². The quantitative estimate of drug-likeness (QED) is 0.856. The minimum atomic E-state index is 0.0777. The highest BCUT2D eigenvalue weighted by molar-refractivity contribution is 5.94. The molecule has 4 heteroatoms. The van der Waals surface area contributed by atoms with Crippen LogP contribution < -0.4 is 5.32 Å². The highest BCUT2D eigenvalue weighted by atomic mass is 16.2. The summed E-state index contributed by atoms with van der Waals surface area (Å²) in [6.45, 7) is 9.66. The third kappa shape index (κ3) is 4.31. The lowest BCUT2D eigenvalue weighted by atomic mass is 10.1. The number of amides is 1. The van der Waals surface area contributed by atoms with E-state index in [0.29, 0.717) is 19.0 Å². The topological polar surface area (TPSA) is 45.2 Å². The summed E-state index contributed by atoms with van der Waals surface area (Å²) in [6.07, 6.45) is 1.72. The van der Waals surface area contributed by atoms with E-state index in [1.165, 1.54) is 0 Å². The highest BCUT2D eigenvalue weighted by Gasteiger charge is 2.17. The Bertz CT molecular complexity index is 418. The average Bonchev–Trinajstić information content (AvgIpc) is 2.43. The van der Waals surface area contributed by atoms with Crippen LogP contribution in [-0.4, -0.2) is 42.0 Å². The van der Waals surface area contributed by atoms with E-state index in [4.69, 9.17) is 0 Å². The first-order valence-corrected chi connectivity index (χ1v) is 6.92. The molecule has 0 aliphatic carbocycles. The van der Waals surface area contributed by atoms with Crippen molar-refractivity contribution < 1.29 is 4.79 Å². The lowest BCUT2D eigenvalue weighted by Gasteiger charge is -2.24. The molecule has 0 aromatic carbocycles. The van der Waals surface area contributed by atoms with Gasteiger partial charge in [-0.2, -0.15) is 0 Å². The molecule has 0 aliphatic heterocycles. The number of pyridine rings is 1. The molecule has 1 atom stereocenters. The maximum absolute atomic E-state index is 12.5. The monoisotopic (exact) mass is 263 g/mol. The van der Waals surface area contributed by atoms with Crippen molar-refractivity contribution in [3.8, 4) is 0 Å². The summed E-state index contributed by atoms with van der Waals surface area (Å²) in [4.78, 5) is 18.6. The van der Waals surface area contributed by atoms with Gasteiger partial charge in [0.05, 0.1) is 0 Å². The van der Waals surface area contributed by atoms with Crippen LogP contribution in [0.25, 0.3) is 0 Å². The number of rotatable bonds is 6. The molecule has 0 bridgehead atoms. The number of nitrogens with zero attached hydrogens (tertiary/aromatic N) is 2. The number of hydrogen-bond donors (Lipinski definition) is 1. The average molecular weight is 263 g/mol. The maximum atomic E-state index is 12.5. The summed E-state index contributed by atoms with van der Waals surface area (Å²) >= 11 is 0. The number of nitrogens with one attached hydrogen (secondary N) is 1. The molecular weight excluding hydrogens is 238 g/mol. The van der Waals surface area contributed by atoms with Gasteiger partial charge in [0.2, 0.25) is 0 Å². The molecular formula is C15H25N3O. The van der Waals surface area contributed by atoms with Crippen LogP contribution in [0.5, 0.6) is 0 Å². The fraction of sp³-hybridized carbons (Fsp3) is 0.600. The van der Waals surface area contributed by atoms with Crippen LogP contribution in [0.4, 0.5) is 0 Å². The largest absolute Gasteiger partial charge is 0.337 e. The fourth-order valence-electron chi connectivity index (χ4n) is 1.86. The van der Waals surface area contributed by atoms with Crippen molar-refractivity contribution >= 4 is 5.91 Å². The second-order valence-electron chi connectivity index (χ2n) is 5.16. The summed E-state index contributed by atoms with van der Waals surface area (Å²) in [6, 6.07) is 3.98. The molecule has 0 saturated carbocycles. The van der Waals surface area contributed by atoms with Crippen LogP contribution in [0, 0.1) is 0 Å². The molecule has 0 saturated heterocycles. The second-order valence-corrected chi connectivity index (χ2v) is 5.16. The molecule has 0 aliphatic rings. The smallest absolute Gasteiger partial charge is 0.254 e. The molecule has 4 nitrogen and oxygen atoms in total. The van der Waals surface area contributed by atoms with Gasteiger partial charge in [0.25, 0.3) is 5.91 Å². The van der Waals surface area contributed by atoms with Crippen LogP contribution in [0.15, 0.2) is 18.3 Å². The Labute approximate surface area is 116 Å². The van der Waals surface area contributed by atoms with E-state index in [1.807, 2.05) is 24.9 Å². The van der Waals surface area contributed by atoms with E-state index >= 15 is 0 Å². The van der Waals surface area contributed by atoms with Gasteiger partial charge in [-0.25, -0.2) is 0 Å². The standard InChI is InChI=1S/C15H25N3O/c1-6-18(10-12(4)16-5)15(19)13-7-8-17-14(9-13)11(2)3/h7-9,11-12,16H,6,10H2,1-5H3. The predicted octanol–water partition coefficient (Wildman–Crippen LogP) is 2.28. The molecule has 1 aromatic heterocycles. The van der Waals surface area contributed by atoms with Gasteiger partial charge in [0.15, 0.2) is 0 Å². The van der Waals surface area contributed by atoms with Crippen molar-refractivity contribution in [2.75, 3.05) is 20.1 Å². The molecule has 1 rings (SSSR count). The zero-order valence-electron chi connectivity index (χ0n) is 12.6. The van der Waals surface area contributed by atoms with Crippen LogP contribution in [0.3, 0.4) is 0 Å². The molecule has 1 aromatic rings. The Morgan fingerprint density at radius 2 is 2.11 bits per heavy atom. The first kappa shape index (κ1) is 15.6. The lowest BCUT2D eigenvalue weighted by Crippen LogP contribution is -2.41. The lowest BCUT2D eigenvalue weighted by molar-refractivity contribution is 0.0752. The van der Waals surface area contributed by atoms with Crippen molar-refractivity contribution in [3.63, 3.8) is 0 Å². The van der Waals surface area contributed by atoms with E-state index in [9.17, 15) is 4.79 Å². The Hall–Kier alpha value is -1.42. The molecule has 1 heterocycles. The fourth-order valence-corrected chi connectivity index (χ4v) is 1.86. The minimum absolute atomic E-state index is 0.0777. The molecule has 1 N–H and O–H groups in total. The van der Waals surface area contributed by atoms with E-state index in [-0.39, 0.29) is 11.9 Å². The van der Waals surface area contributed by atoms with Gasteiger partial charge in [0.1, 0.15) is 0 Å². The molecule has 106 valence electrons. The van der Waals surface area contributed by atoms with Crippen LogP contribution in [0.1, 0.15) is 49.7 Å². The summed E-state index contributed by atoms with van der Waals surface area (Å²) in [5.41, 5.74) is 1.69. The first-order valence-electron chi connectivity index (χ1n) is 6.92. The zero-order chi connectivity index (χ0) is 14.4. The summed E-state index contributed by atoms with van der Waals surface area (Å²) in [7, 11) is 1.91. The van der Waals surface area contributed by atoms with Crippen LogP contribution in [0.2, 0.25) is 0 Å². The van der Waals surface area contributed by atoms with Gasteiger partial charge in [0, 0.05) is 36.6 Å². The van der Waals surface area contributed by atoms with E-state index in [2.05, 4.69) is 31.1 Å². The SMILES string of the molecule is CCN(CC(C)NC)C(=O)c1ccnc(C(C)C)c1. The van der Waals surface area contributed by atoms with E-state index in [0.717, 1.165) is 11.3 Å². The molecule has 1 amide bonds. The normalized spacial score (nSPS) is 12.5. The zero-order valence-corrected chi connectivity index (χ0v) is 12.6. The molecule has 1 unspecified atom stereocenters. The summed E-state index contributed by atoms with van der Waals surface area (Å²) in [5, 5.41) is 3.16. The summed E-state index contributed by atoms with van der Waals surface area (Å²) < 4.78 is 0. The van der Waals surface area contributed by atoms with Gasteiger partial charge in [-0.3, -0.25) is 9.78 Å². The Morgan fingerprint density at radius 3 is 2.63 bits per heavy atom. The number of carbonyl (C=O) groups excluding carboxylic acids is 1. The van der Waals surface area contributed by atoms with Crippen molar-refractivity contribution in [2.45, 2.75) is 39.7 Å². The number of likely N-dealkylation sites (N-methyl/N-ethyl adjacent to an activating group) is 2. The Kier molecular flexibility index (Phi) is 5.96. The van der Waals surface area contributed by atoms with Gasteiger partial charge >= 0.3 is 0 Å². The van der Waals surface area contributed by atoms with Gasteiger partial charge in [-0.05, 0) is 38.9 Å². The predicted molar refractivity (Wildman–Crippen MR) is 78.4 cm³/mol. The van der Waals surface area contributed by atoms with Crippen LogP contribution >= 0.6 is 0 Å². The highest BCUT2D eigenvalue weighted by Crippen LogP contribution is 2.14. The molecule has 19 heavy (non-hydrogen) atoms. The Balaban J connectivity index is 2.88. The van der Waals surface area contributed by atoms with Crippen LogP contribution in [-0.2, 0) is 0 Å². The van der Waals surface area contributed by atoms with Crippen molar-refractivity contribution in [3.05, 3.63) is 29.6 Å². The van der Waals surface area contributed by atoms with Gasteiger partial charge < -0.3 is 10.2 Å². The molecule has 0 spiro atoms. The molecule has 0 radical (unpaired) electrons. The minimum Gasteiger partial charge on any atom is -0.337 e. The first-order chi connectivity index (χ1) is 8.99. The summed E-state index contributed by atoms with van der Waals surface area (Å²) in [5.74, 6) is 0.410. The molecule has 0 fully saturated rings. The second kappa shape index (κ2) is 7.24. The Morgan fingerprint density at radius 1 is 1.42 bits per heavy atom. The number of aromatic nitrogens is 1. The van der Waals surface area contributed by atoms with E-state index < -0.39 is 0 Å². The van der Waals surface area contributed by atoms with Gasteiger partial charge in [-0.1, -0.05) is 13.8 Å². The number of hydrogen-bond acceptors (Lipinski definition) is 3. The number of carbonyl (C=O) groups is 1. The van der Waals surface area contributed by atoms with Gasteiger partial charge in [-0.15, -0.1) is 0 Å². The third-order valence-electron chi connectivity index (χ3n) is 3.28. The third-order valence-corrected chi connectivity index (χ3v) is 3.28. The van der Waals surface area contributed by atoms with Crippen molar-refractivity contribution in [1.82, 2.24) is 15.2 Å². The van der Waals surface area contributed by atoms with E-state index in [1.54, 1.807) is 12.3 Å². The van der Waals surface area contributed by atoms with Crippen molar-refractivity contribution in [1.29, 1.82) is 0 Å².